The van der Waals surface area contributed by atoms with Crippen molar-refractivity contribution in [2.45, 2.75) is 0 Å². The Morgan fingerprint density at radius 3 is 2.13 bits per heavy atom. The van der Waals surface area contributed by atoms with Gasteiger partial charge in [0.25, 0.3) is 0 Å². The van der Waals surface area contributed by atoms with Crippen LogP contribution in [0.15, 0.2) is 109 Å². The Labute approximate surface area is 370 Å². The number of carbonyl (C=O) groups excluding carboxylic acids is 1. The van der Waals surface area contributed by atoms with Gasteiger partial charge in [-0.2, -0.15) is 0 Å². The topological polar surface area (TPSA) is 229 Å². The minimum Gasteiger partial charge on any atom is 1.00 e. The molecular weight excluding hydrogens is 1000 g/mol. The fraction of sp³-hybridized carbons (Fsp3) is 0. The number of aromatic nitrogens is 1. The van der Waals surface area contributed by atoms with Crippen LogP contribution in [0, 0.1) is 10.8 Å². The van der Waals surface area contributed by atoms with Crippen molar-refractivity contribution in [1.82, 2.24) is 4.98 Å². The summed E-state index contributed by atoms with van der Waals surface area (Å²) in [6.45, 7) is 0. The SMILES string of the molecule is N=C(N)c1cc(C(=N)N)c2cc(-c3ccccc3)[nH]c2c1.O=C([O-])c1ccccc1-c1c2cc(Br)c(=O)cc-2oc2[c]([Hg][OH])c([O-])c(Br)cc12.[Na+].[Na+]. The van der Waals surface area contributed by atoms with Gasteiger partial charge in [0.2, 0.25) is 0 Å². The standard InChI is InChI=1S/C20H9Br2O5.C16H15N5.Hg.2Na.H2O/c21-13-5-11-17(7-15(13)23)27-18-8-16(24)14(22)6-12(18)19(11)9-3-1-2-4-10(9)20(25)26;17-15(18)10-6-12(16(19)20)11-8-13(21-14(11)7-10)9-4-2-1-3-5-9;;;;/h1-7,24H,(H,25,26);1-8,21H,(H3,17,18)(H3,19,20);;;;1H2/q;;3*+1;/p-3. The number of halogens is 2. The molecule has 8 N–H and O–H groups in total. The summed E-state index contributed by atoms with van der Waals surface area (Å²) in [4.78, 5) is 27.2. The van der Waals surface area contributed by atoms with Crippen molar-refractivity contribution in [2.75, 3.05) is 0 Å². The summed E-state index contributed by atoms with van der Waals surface area (Å²) in [6.07, 6.45) is 0. The van der Waals surface area contributed by atoms with E-state index in [0.29, 0.717) is 33.2 Å². The van der Waals surface area contributed by atoms with Crippen LogP contribution in [0.1, 0.15) is 21.5 Å². The minimum absolute atomic E-state index is 0. The number of benzene rings is 5. The fourth-order valence-electron chi connectivity index (χ4n) is 5.74. The van der Waals surface area contributed by atoms with E-state index >= 15 is 0 Å². The predicted octanol–water partition coefficient (Wildman–Crippen LogP) is -1.45. The van der Waals surface area contributed by atoms with Crippen LogP contribution in [-0.4, -0.2) is 25.6 Å². The number of rotatable bonds is 6. The fourth-order valence-corrected chi connectivity index (χ4v) is 10.4. The first-order chi connectivity index (χ1) is 23.9. The quantitative estimate of drug-likeness (QED) is 0.0499. The number of nitrogens with two attached hydrogens (primary N) is 2. The minimum atomic E-state index is -2.75. The summed E-state index contributed by atoms with van der Waals surface area (Å²) >= 11 is 3.71. The van der Waals surface area contributed by atoms with Gasteiger partial charge in [0.1, 0.15) is 11.7 Å². The third kappa shape index (κ3) is 8.29. The third-order valence-electron chi connectivity index (χ3n) is 8.06. The van der Waals surface area contributed by atoms with Gasteiger partial charge in [-0.15, -0.1) is 0 Å². The Balaban J connectivity index is 0.000000235. The maximum atomic E-state index is 12.5. The van der Waals surface area contributed by atoms with E-state index in [4.69, 9.17) is 26.7 Å². The molecule has 2 aliphatic rings. The molecule has 0 spiro atoms. The number of carboxylic acid groups (broad SMARTS) is 1. The molecule has 4 aromatic carbocycles. The van der Waals surface area contributed by atoms with E-state index in [1.54, 1.807) is 42.5 Å². The first-order valence-electron chi connectivity index (χ1n) is 14.8. The molecule has 0 bridgehead atoms. The summed E-state index contributed by atoms with van der Waals surface area (Å²) in [5.74, 6) is -1.61. The average Bonchev–Trinajstić information content (AvgIpc) is 3.54. The van der Waals surface area contributed by atoms with E-state index in [2.05, 4.69) is 36.8 Å². The second-order valence-corrected chi connectivity index (χ2v) is 16.8. The number of aromatic amines is 1. The van der Waals surface area contributed by atoms with Gasteiger partial charge in [-0.1, -0.05) is 30.3 Å². The van der Waals surface area contributed by atoms with Crippen LogP contribution in [0.3, 0.4) is 0 Å². The van der Waals surface area contributed by atoms with E-state index in [9.17, 15) is 22.8 Å². The summed E-state index contributed by atoms with van der Waals surface area (Å²) < 4.78 is 16.6. The number of H-pyrrole nitrogens is 1. The first-order valence-corrected chi connectivity index (χ1v) is 21.6. The molecule has 0 saturated heterocycles. The molecule has 1 aliphatic carbocycles. The largest absolute Gasteiger partial charge is 1.00 e. The van der Waals surface area contributed by atoms with E-state index in [0.717, 1.165) is 22.2 Å². The van der Waals surface area contributed by atoms with Crippen LogP contribution >= 0.6 is 31.9 Å². The van der Waals surface area contributed by atoms with Crippen LogP contribution in [0.5, 0.6) is 5.75 Å². The van der Waals surface area contributed by atoms with Crippen molar-refractivity contribution < 1.29 is 107 Å². The van der Waals surface area contributed by atoms with Gasteiger partial charge >= 0.3 is 254 Å². The van der Waals surface area contributed by atoms with Gasteiger partial charge in [0.15, 0.2) is 0 Å². The Morgan fingerprint density at radius 2 is 1.50 bits per heavy atom. The molecule has 0 fully saturated rings. The zero-order valence-corrected chi connectivity index (χ0v) is 40.4. The number of amidine groups is 2. The van der Waals surface area contributed by atoms with Crippen LogP contribution in [0.25, 0.3) is 55.6 Å². The number of hydrogen-bond donors (Lipinski definition) is 6. The van der Waals surface area contributed by atoms with Gasteiger partial charge in [-0.3, -0.25) is 10.8 Å². The zero-order chi connectivity index (χ0) is 35.9. The smallest absolute Gasteiger partial charge is 1.00 e. The number of carbonyl (C=O) groups is 1. The van der Waals surface area contributed by atoms with Crippen molar-refractivity contribution in [1.29, 1.82) is 10.8 Å². The Kier molecular flexibility index (Phi) is 14.1. The van der Waals surface area contributed by atoms with Gasteiger partial charge in [-0.25, -0.2) is 0 Å². The number of fused-ring (bicyclic) bond motifs is 3. The molecule has 52 heavy (non-hydrogen) atoms. The molecule has 0 atom stereocenters. The third-order valence-corrected chi connectivity index (χ3v) is 13.0. The number of nitrogen functional groups attached to an aromatic ring is 2. The molecule has 0 saturated carbocycles. The monoisotopic (exact) mass is 1030 g/mol. The molecule has 1 aromatic heterocycles. The van der Waals surface area contributed by atoms with E-state index in [1.165, 1.54) is 12.1 Å². The number of hydrogen-bond acceptors (Lipinski definition) is 8. The van der Waals surface area contributed by atoms with Crippen LogP contribution < -0.4 is 89.3 Å². The van der Waals surface area contributed by atoms with Gasteiger partial charge in [-0.05, 0) is 23.8 Å². The summed E-state index contributed by atoms with van der Waals surface area (Å²) in [5, 5.41) is 40.9. The Bertz CT molecular complexity index is 2550. The van der Waals surface area contributed by atoms with Crippen LogP contribution in [0.4, 0.5) is 0 Å². The molecule has 0 unspecified atom stereocenters. The normalized spacial score (nSPS) is 10.4. The molecule has 1 aliphatic heterocycles. The molecule has 7 rings (SSSR count). The van der Waals surface area contributed by atoms with Crippen LogP contribution in [-0.2, 0) is 25.0 Å². The average molecular weight is 1030 g/mol. The number of nitrogens with one attached hydrogen (secondary N) is 3. The molecule has 246 valence electrons. The van der Waals surface area contributed by atoms with Crippen molar-refractivity contribution >= 4 is 74.4 Å². The molecule has 0 amide bonds. The molecule has 16 heteroatoms. The molecule has 0 radical (unpaired) electrons. The Morgan fingerprint density at radius 1 is 0.827 bits per heavy atom. The van der Waals surface area contributed by atoms with Crippen molar-refractivity contribution in [2.24, 2.45) is 11.5 Å². The van der Waals surface area contributed by atoms with Crippen LogP contribution in [0.2, 0.25) is 0 Å². The summed E-state index contributed by atoms with van der Waals surface area (Å²) in [7, 11) is 0. The number of carboxylic acids is 1. The van der Waals surface area contributed by atoms with E-state index < -0.39 is 31.0 Å². The van der Waals surface area contributed by atoms with Gasteiger partial charge in [0, 0.05) is 27.7 Å². The molecular formula is C36H23Br2HgN5Na2O6. The predicted molar refractivity (Wildman–Crippen MR) is 191 cm³/mol. The summed E-state index contributed by atoms with van der Waals surface area (Å²) in [6, 6.07) is 26.0. The second-order valence-electron chi connectivity index (χ2n) is 11.2. The maximum absolute atomic E-state index is 12.5. The van der Waals surface area contributed by atoms with E-state index in [1.807, 2.05) is 36.4 Å². The first kappa shape index (κ1) is 41.9. The Hall–Kier alpha value is -2.82. The van der Waals surface area contributed by atoms with Gasteiger partial charge in [0.05, 0.1) is 0 Å². The van der Waals surface area contributed by atoms with Crippen molar-refractivity contribution in [3.8, 4) is 39.5 Å². The number of aromatic carboxylic acids is 1. The van der Waals surface area contributed by atoms with Crippen molar-refractivity contribution in [3.05, 3.63) is 127 Å². The second kappa shape index (κ2) is 17.5. The van der Waals surface area contributed by atoms with Gasteiger partial charge < -0.3 is 16.5 Å². The molecule has 5 aromatic rings. The summed E-state index contributed by atoms with van der Waals surface area (Å²) in [5.41, 5.74) is 16.3. The van der Waals surface area contributed by atoms with E-state index in [-0.39, 0.29) is 111 Å². The maximum Gasteiger partial charge on any atom is 1.00 e. The van der Waals surface area contributed by atoms with Crippen molar-refractivity contribution in [3.63, 3.8) is 0 Å². The molecule has 2 heterocycles. The molecule has 11 nitrogen and oxygen atoms in total. The zero-order valence-electron chi connectivity index (χ0n) is 27.8.